The van der Waals surface area contributed by atoms with Crippen LogP contribution in [-0.4, -0.2) is 48.3 Å². The fraction of sp³-hybridized carbons (Fsp3) is 0.400. The van der Waals surface area contributed by atoms with Crippen LogP contribution in [0.15, 0.2) is 24.3 Å². The molecular formula is C15H19NO6. The van der Waals surface area contributed by atoms with Crippen LogP contribution < -0.4 is 4.90 Å². The number of methoxy groups -OCH3 is 1. The Morgan fingerprint density at radius 2 is 1.77 bits per heavy atom. The number of amides is 1. The molecule has 1 rings (SSSR count). The molecule has 22 heavy (non-hydrogen) atoms. The number of hydrogen-bond donors (Lipinski definition) is 2. The summed E-state index contributed by atoms with van der Waals surface area (Å²) in [6.45, 7) is 1.35. The van der Waals surface area contributed by atoms with Crippen LogP contribution in [0.5, 0.6) is 0 Å². The van der Waals surface area contributed by atoms with Crippen molar-refractivity contribution in [2.45, 2.75) is 13.3 Å². The lowest BCUT2D eigenvalue weighted by atomic mass is 10.1. The Morgan fingerprint density at radius 3 is 2.23 bits per heavy atom. The van der Waals surface area contributed by atoms with E-state index >= 15 is 0 Å². The van der Waals surface area contributed by atoms with Crippen molar-refractivity contribution < 1.29 is 29.3 Å². The average Bonchev–Trinajstić information content (AvgIpc) is 2.45. The van der Waals surface area contributed by atoms with Crippen molar-refractivity contribution in [3.05, 3.63) is 29.8 Å². The number of hydrogen-bond acceptors (Lipinski definition) is 4. The maximum atomic E-state index is 12.1. The first-order valence-electron chi connectivity index (χ1n) is 6.68. The monoisotopic (exact) mass is 309 g/mol. The first-order valence-corrected chi connectivity index (χ1v) is 6.68. The van der Waals surface area contributed by atoms with Crippen molar-refractivity contribution in [3.63, 3.8) is 0 Å². The first kappa shape index (κ1) is 17.6. The zero-order valence-electron chi connectivity index (χ0n) is 12.5. The summed E-state index contributed by atoms with van der Waals surface area (Å²) in [6, 6.07) is 6.39. The summed E-state index contributed by atoms with van der Waals surface area (Å²) in [5.41, 5.74) is 1.10. The van der Waals surface area contributed by atoms with Crippen molar-refractivity contribution >= 4 is 23.5 Å². The minimum Gasteiger partial charge on any atom is -0.481 e. The second-order valence-corrected chi connectivity index (χ2v) is 4.91. The second kappa shape index (κ2) is 8.14. The Balaban J connectivity index is 2.96. The highest BCUT2D eigenvalue weighted by molar-refractivity contribution is 5.95. The highest BCUT2D eigenvalue weighted by atomic mass is 16.5. The van der Waals surface area contributed by atoms with E-state index in [1.807, 2.05) is 0 Å². The smallest absolute Gasteiger partial charge is 0.308 e. The standard InChI is InChI=1S/C15H19NO6/c1-10(15(20)21)8-16(13(17)9-22-2)12-5-3-11(4-6-12)7-14(18)19/h3-6,10H,7-9H2,1-2H3,(H,18,19)(H,20,21). The predicted molar refractivity (Wildman–Crippen MR) is 78.8 cm³/mol. The summed E-state index contributed by atoms with van der Waals surface area (Å²) in [7, 11) is 1.38. The van der Waals surface area contributed by atoms with Gasteiger partial charge in [-0.15, -0.1) is 0 Å². The zero-order chi connectivity index (χ0) is 16.7. The van der Waals surface area contributed by atoms with Crippen molar-refractivity contribution in [2.75, 3.05) is 25.2 Å². The van der Waals surface area contributed by atoms with Gasteiger partial charge in [0.2, 0.25) is 0 Å². The van der Waals surface area contributed by atoms with E-state index < -0.39 is 17.9 Å². The van der Waals surface area contributed by atoms with Crippen LogP contribution in [0, 0.1) is 5.92 Å². The molecule has 0 aliphatic heterocycles. The Morgan fingerprint density at radius 1 is 1.18 bits per heavy atom. The fourth-order valence-corrected chi connectivity index (χ4v) is 1.87. The zero-order valence-corrected chi connectivity index (χ0v) is 12.5. The van der Waals surface area contributed by atoms with E-state index in [-0.39, 0.29) is 25.5 Å². The first-order chi connectivity index (χ1) is 10.3. The van der Waals surface area contributed by atoms with Gasteiger partial charge in [-0.2, -0.15) is 0 Å². The summed E-state index contributed by atoms with van der Waals surface area (Å²) in [5, 5.41) is 17.7. The van der Waals surface area contributed by atoms with Crippen molar-refractivity contribution in [1.29, 1.82) is 0 Å². The molecule has 7 heteroatoms. The van der Waals surface area contributed by atoms with Gasteiger partial charge in [0.1, 0.15) is 6.61 Å². The minimum absolute atomic E-state index is 0.00973. The summed E-state index contributed by atoms with van der Waals surface area (Å²) in [6.07, 6.45) is -0.113. The molecule has 1 aromatic carbocycles. The molecule has 1 amide bonds. The summed E-state index contributed by atoms with van der Waals surface area (Å²) >= 11 is 0. The van der Waals surface area contributed by atoms with E-state index in [4.69, 9.17) is 14.9 Å². The molecule has 0 aromatic heterocycles. The topological polar surface area (TPSA) is 104 Å². The van der Waals surface area contributed by atoms with Gasteiger partial charge in [-0.3, -0.25) is 14.4 Å². The fourth-order valence-electron chi connectivity index (χ4n) is 1.87. The van der Waals surface area contributed by atoms with E-state index in [0.717, 1.165) is 0 Å². The van der Waals surface area contributed by atoms with Gasteiger partial charge in [0, 0.05) is 19.3 Å². The third-order valence-corrected chi connectivity index (χ3v) is 3.05. The minimum atomic E-state index is -1.00. The molecule has 0 spiro atoms. The highest BCUT2D eigenvalue weighted by Crippen LogP contribution is 2.18. The van der Waals surface area contributed by atoms with E-state index in [1.165, 1.54) is 18.9 Å². The Kier molecular flexibility index (Phi) is 6.52. The number of anilines is 1. The Hall–Kier alpha value is -2.41. The largest absolute Gasteiger partial charge is 0.481 e. The van der Waals surface area contributed by atoms with Gasteiger partial charge in [-0.1, -0.05) is 19.1 Å². The SMILES string of the molecule is COCC(=O)N(CC(C)C(=O)O)c1ccc(CC(=O)O)cc1. The summed E-state index contributed by atoms with van der Waals surface area (Å²) in [5.74, 6) is -3.04. The van der Waals surface area contributed by atoms with Gasteiger partial charge in [0.05, 0.1) is 12.3 Å². The van der Waals surface area contributed by atoms with E-state index in [9.17, 15) is 14.4 Å². The van der Waals surface area contributed by atoms with Crippen molar-refractivity contribution in [1.82, 2.24) is 0 Å². The van der Waals surface area contributed by atoms with Gasteiger partial charge in [0.25, 0.3) is 5.91 Å². The van der Waals surface area contributed by atoms with E-state index in [2.05, 4.69) is 0 Å². The molecule has 0 aliphatic carbocycles. The molecule has 2 N–H and O–H groups in total. The molecule has 0 bridgehead atoms. The number of rotatable bonds is 8. The van der Waals surface area contributed by atoms with Crippen LogP contribution in [0.4, 0.5) is 5.69 Å². The lowest BCUT2D eigenvalue weighted by Crippen LogP contribution is -2.39. The van der Waals surface area contributed by atoms with E-state index in [0.29, 0.717) is 11.3 Å². The lowest BCUT2D eigenvalue weighted by Gasteiger charge is -2.24. The third-order valence-electron chi connectivity index (χ3n) is 3.05. The van der Waals surface area contributed by atoms with Crippen molar-refractivity contribution in [2.24, 2.45) is 5.92 Å². The summed E-state index contributed by atoms with van der Waals surface area (Å²) < 4.78 is 4.81. The van der Waals surface area contributed by atoms with Gasteiger partial charge < -0.3 is 19.8 Å². The van der Waals surface area contributed by atoms with Crippen LogP contribution >= 0.6 is 0 Å². The third kappa shape index (κ3) is 5.17. The normalized spacial score (nSPS) is 11.7. The molecule has 0 aliphatic rings. The molecule has 0 saturated carbocycles. The predicted octanol–water partition coefficient (Wildman–Crippen LogP) is 1.01. The average molecular weight is 309 g/mol. The molecule has 1 unspecified atom stereocenters. The maximum Gasteiger partial charge on any atom is 0.308 e. The number of benzene rings is 1. The van der Waals surface area contributed by atoms with Crippen LogP contribution in [0.3, 0.4) is 0 Å². The number of carboxylic acids is 2. The molecule has 0 saturated heterocycles. The molecule has 0 radical (unpaired) electrons. The van der Waals surface area contributed by atoms with Gasteiger partial charge in [-0.05, 0) is 17.7 Å². The van der Waals surface area contributed by atoms with Gasteiger partial charge in [0.15, 0.2) is 0 Å². The quantitative estimate of drug-likeness (QED) is 0.743. The summed E-state index contributed by atoms with van der Waals surface area (Å²) in [4.78, 5) is 35.0. The van der Waals surface area contributed by atoms with Gasteiger partial charge >= 0.3 is 11.9 Å². The Labute approximate surface area is 128 Å². The Bertz CT molecular complexity index is 539. The number of carbonyl (C=O) groups is 3. The number of nitrogens with zero attached hydrogens (tertiary/aromatic N) is 1. The molecule has 0 fully saturated rings. The van der Waals surface area contributed by atoms with Crippen molar-refractivity contribution in [3.8, 4) is 0 Å². The van der Waals surface area contributed by atoms with Crippen LogP contribution in [0.2, 0.25) is 0 Å². The lowest BCUT2D eigenvalue weighted by molar-refractivity contribution is -0.141. The van der Waals surface area contributed by atoms with Crippen LogP contribution in [0.25, 0.3) is 0 Å². The molecule has 0 heterocycles. The number of aliphatic carboxylic acids is 2. The number of ether oxygens (including phenoxy) is 1. The second-order valence-electron chi connectivity index (χ2n) is 4.91. The molecular weight excluding hydrogens is 290 g/mol. The van der Waals surface area contributed by atoms with Crippen LogP contribution in [-0.2, 0) is 25.5 Å². The number of carboxylic acid groups (broad SMARTS) is 2. The highest BCUT2D eigenvalue weighted by Gasteiger charge is 2.22. The molecule has 1 atom stereocenters. The number of carbonyl (C=O) groups excluding carboxylic acids is 1. The maximum absolute atomic E-state index is 12.1. The molecule has 7 nitrogen and oxygen atoms in total. The van der Waals surface area contributed by atoms with Crippen LogP contribution in [0.1, 0.15) is 12.5 Å². The molecule has 1 aromatic rings. The molecule has 120 valence electrons. The van der Waals surface area contributed by atoms with Gasteiger partial charge in [-0.25, -0.2) is 0 Å². The van der Waals surface area contributed by atoms with E-state index in [1.54, 1.807) is 24.3 Å².